The van der Waals surface area contributed by atoms with E-state index in [9.17, 15) is 14.2 Å². The largest absolute Gasteiger partial charge is 0.444 e. The predicted molar refractivity (Wildman–Crippen MR) is 114 cm³/mol. The molecule has 1 heterocycles. The molecular weight excluding hydrogens is 417 g/mol. The Morgan fingerprint density at radius 1 is 1.14 bits per heavy atom. The third kappa shape index (κ3) is 7.40. The van der Waals surface area contributed by atoms with E-state index in [1.54, 1.807) is 52.8 Å². The number of fused-ring (bicyclic) bond motifs is 1. The van der Waals surface area contributed by atoms with Crippen LogP contribution in [-0.2, 0) is 23.1 Å². The van der Waals surface area contributed by atoms with E-state index in [1.165, 1.54) is 11.3 Å². The summed E-state index contributed by atoms with van der Waals surface area (Å²) in [6, 6.07) is 5.10. The van der Waals surface area contributed by atoms with Gasteiger partial charge in [-0.1, -0.05) is 11.3 Å². The highest BCUT2D eigenvalue weighted by atomic mass is 32.1. The molecule has 0 aliphatic carbocycles. The molecule has 29 heavy (non-hydrogen) atoms. The molecule has 0 saturated carbocycles. The minimum absolute atomic E-state index is 0.185. The Kier molecular flexibility index (Phi) is 7.76. The lowest BCUT2D eigenvalue weighted by molar-refractivity contribution is -0.114. The second kappa shape index (κ2) is 9.67. The summed E-state index contributed by atoms with van der Waals surface area (Å²) in [7, 11) is -3.47. The van der Waals surface area contributed by atoms with Gasteiger partial charge in [-0.15, -0.1) is 0 Å². The van der Waals surface area contributed by atoms with Crippen LogP contribution in [0.1, 0.15) is 34.6 Å². The molecule has 2 aromatic rings. The fourth-order valence-electron chi connectivity index (χ4n) is 2.35. The predicted octanol–water partition coefficient (Wildman–Crippen LogP) is 4.85. The average molecular weight is 443 g/mol. The number of amides is 2. The normalized spacial score (nSPS) is 12.0. The fraction of sp³-hybridized carbons (Fsp3) is 0.500. The summed E-state index contributed by atoms with van der Waals surface area (Å²) < 4.78 is 28.7. The van der Waals surface area contributed by atoms with E-state index in [0.717, 1.165) is 4.70 Å². The Bertz CT molecular complexity index is 914. The van der Waals surface area contributed by atoms with E-state index in [0.29, 0.717) is 16.3 Å². The van der Waals surface area contributed by atoms with Crippen LogP contribution < -0.4 is 10.6 Å². The number of nitrogens with zero attached hydrogens (tertiary/aromatic N) is 1. The van der Waals surface area contributed by atoms with Gasteiger partial charge in [0.25, 0.3) is 0 Å². The Morgan fingerprint density at radius 3 is 2.38 bits per heavy atom. The Balaban J connectivity index is 2.06. The Hall–Kier alpha value is -2.00. The van der Waals surface area contributed by atoms with Crippen molar-refractivity contribution >= 4 is 52.0 Å². The zero-order chi connectivity index (χ0) is 21.7. The third-order valence-corrected chi connectivity index (χ3v) is 6.18. The highest BCUT2D eigenvalue weighted by molar-refractivity contribution is 7.54. The summed E-state index contributed by atoms with van der Waals surface area (Å²) in [4.78, 5) is 28.5. The molecule has 0 aliphatic rings. The first-order chi connectivity index (χ1) is 13.5. The minimum atomic E-state index is -3.47. The van der Waals surface area contributed by atoms with E-state index in [-0.39, 0.29) is 19.4 Å². The van der Waals surface area contributed by atoms with Crippen LogP contribution in [0.3, 0.4) is 0 Å². The number of anilines is 2. The molecule has 9 nitrogen and oxygen atoms in total. The van der Waals surface area contributed by atoms with Crippen LogP contribution in [0.2, 0.25) is 0 Å². The van der Waals surface area contributed by atoms with Crippen molar-refractivity contribution in [1.82, 2.24) is 4.98 Å². The molecule has 0 saturated heterocycles. The summed E-state index contributed by atoms with van der Waals surface area (Å²) >= 11 is 1.24. The van der Waals surface area contributed by atoms with Gasteiger partial charge in [-0.05, 0) is 52.8 Å². The van der Waals surface area contributed by atoms with Crippen molar-refractivity contribution in [3.05, 3.63) is 18.2 Å². The van der Waals surface area contributed by atoms with E-state index in [2.05, 4.69) is 15.6 Å². The zero-order valence-corrected chi connectivity index (χ0v) is 18.8. The molecular formula is C18H26N3O6PS. The van der Waals surface area contributed by atoms with Crippen LogP contribution in [-0.4, -0.2) is 42.0 Å². The van der Waals surface area contributed by atoms with Crippen molar-refractivity contribution in [3.63, 3.8) is 0 Å². The fourth-order valence-corrected chi connectivity index (χ4v) is 4.71. The van der Waals surface area contributed by atoms with Gasteiger partial charge in [-0.25, -0.2) is 9.78 Å². The van der Waals surface area contributed by atoms with Crippen LogP contribution in [0.4, 0.5) is 15.6 Å². The highest BCUT2D eigenvalue weighted by Crippen LogP contribution is 2.47. The van der Waals surface area contributed by atoms with Crippen LogP contribution in [0.15, 0.2) is 18.2 Å². The smallest absolute Gasteiger partial charge is 0.413 e. The summed E-state index contributed by atoms with van der Waals surface area (Å²) in [5.41, 5.74) is 0.559. The van der Waals surface area contributed by atoms with Crippen LogP contribution in [0.25, 0.3) is 10.2 Å². The quantitative estimate of drug-likeness (QED) is 0.560. The van der Waals surface area contributed by atoms with Gasteiger partial charge < -0.3 is 19.1 Å². The van der Waals surface area contributed by atoms with Crippen molar-refractivity contribution in [2.45, 2.75) is 40.2 Å². The first kappa shape index (κ1) is 23.3. The summed E-state index contributed by atoms with van der Waals surface area (Å²) in [5.74, 6) is -0.480. The molecule has 0 aliphatic heterocycles. The lowest BCUT2D eigenvalue weighted by Crippen LogP contribution is -2.27. The third-order valence-electron chi connectivity index (χ3n) is 3.27. The Morgan fingerprint density at radius 2 is 1.79 bits per heavy atom. The molecule has 0 bridgehead atoms. The van der Waals surface area contributed by atoms with Crippen molar-refractivity contribution in [2.75, 3.05) is 30.0 Å². The van der Waals surface area contributed by atoms with Gasteiger partial charge in [0.2, 0.25) is 5.91 Å². The second-order valence-electron chi connectivity index (χ2n) is 6.98. The Labute approximate surface area is 173 Å². The number of ether oxygens (including phenoxy) is 1. The van der Waals surface area contributed by atoms with Crippen molar-refractivity contribution < 1.29 is 27.9 Å². The lowest BCUT2D eigenvalue weighted by Gasteiger charge is -2.18. The molecule has 2 N–H and O–H groups in total. The maximum Gasteiger partial charge on any atom is 0.413 e. The molecule has 1 aromatic carbocycles. The second-order valence-corrected chi connectivity index (χ2v) is 10.1. The maximum absolute atomic E-state index is 12.5. The standard InChI is InChI=1S/C18H26N3O6PS/c1-6-25-28(24,26-7-2)11-15(22)19-12-8-9-13-14(10-12)29-16(20-13)21-17(23)27-18(3,4)5/h8-10H,6-7,11H2,1-5H3,(H,19,22)(H,20,21,23). The number of aromatic nitrogens is 1. The maximum atomic E-state index is 12.5. The number of thiazole rings is 1. The molecule has 0 unspecified atom stereocenters. The number of rotatable bonds is 8. The van der Waals surface area contributed by atoms with Crippen LogP contribution >= 0.6 is 18.9 Å². The lowest BCUT2D eigenvalue weighted by atomic mass is 10.2. The van der Waals surface area contributed by atoms with E-state index in [1.807, 2.05) is 0 Å². The highest BCUT2D eigenvalue weighted by Gasteiger charge is 2.27. The minimum Gasteiger partial charge on any atom is -0.444 e. The monoisotopic (exact) mass is 443 g/mol. The molecule has 2 rings (SSSR count). The molecule has 1 aromatic heterocycles. The topological polar surface area (TPSA) is 116 Å². The van der Waals surface area contributed by atoms with Crippen molar-refractivity contribution in [1.29, 1.82) is 0 Å². The number of benzene rings is 1. The SMILES string of the molecule is CCOP(=O)(CC(=O)Nc1ccc2nc(NC(=O)OC(C)(C)C)sc2c1)OCC. The number of nitrogens with one attached hydrogen (secondary N) is 2. The van der Waals surface area contributed by atoms with Gasteiger partial charge >= 0.3 is 13.7 Å². The van der Waals surface area contributed by atoms with Gasteiger partial charge in [-0.3, -0.25) is 14.7 Å². The van der Waals surface area contributed by atoms with Crippen molar-refractivity contribution in [2.24, 2.45) is 0 Å². The number of hydrogen-bond acceptors (Lipinski definition) is 8. The zero-order valence-electron chi connectivity index (χ0n) is 17.1. The summed E-state index contributed by atoms with van der Waals surface area (Å²) in [6.45, 7) is 9.06. The molecule has 0 fully saturated rings. The molecule has 0 atom stereocenters. The molecule has 11 heteroatoms. The van der Waals surface area contributed by atoms with Gasteiger partial charge in [0, 0.05) is 5.69 Å². The molecule has 0 spiro atoms. The number of carbonyl (C=O) groups excluding carboxylic acids is 2. The van der Waals surface area contributed by atoms with Gasteiger partial charge in [-0.2, -0.15) is 0 Å². The average Bonchev–Trinajstić information content (AvgIpc) is 2.94. The van der Waals surface area contributed by atoms with Gasteiger partial charge in [0.05, 0.1) is 23.4 Å². The van der Waals surface area contributed by atoms with E-state index in [4.69, 9.17) is 13.8 Å². The van der Waals surface area contributed by atoms with E-state index >= 15 is 0 Å². The van der Waals surface area contributed by atoms with E-state index < -0.39 is 25.2 Å². The van der Waals surface area contributed by atoms with Crippen LogP contribution in [0, 0.1) is 0 Å². The molecule has 160 valence electrons. The van der Waals surface area contributed by atoms with Gasteiger partial charge in [0.15, 0.2) is 5.13 Å². The van der Waals surface area contributed by atoms with Gasteiger partial charge in [0.1, 0.15) is 11.8 Å². The molecule has 0 radical (unpaired) electrons. The summed E-state index contributed by atoms with van der Waals surface area (Å²) in [6.07, 6.45) is -0.964. The first-order valence-corrected chi connectivity index (χ1v) is 11.7. The van der Waals surface area contributed by atoms with Crippen molar-refractivity contribution in [3.8, 4) is 0 Å². The first-order valence-electron chi connectivity index (χ1n) is 9.12. The molecule has 2 amide bonds. The van der Waals surface area contributed by atoms with Crippen LogP contribution in [0.5, 0.6) is 0 Å². The number of hydrogen-bond donors (Lipinski definition) is 2. The summed E-state index contributed by atoms with van der Waals surface area (Å²) in [5, 5.41) is 5.66. The number of carbonyl (C=O) groups is 2.